The molecule has 5 heteroatoms. The van der Waals surface area contributed by atoms with Gasteiger partial charge in [-0.3, -0.25) is 0 Å². The molecule has 1 heterocycles. The Morgan fingerprint density at radius 3 is 2.84 bits per heavy atom. The SMILES string of the molecule is CCc1nc(COc2ccccc2F)sc1CNC. The van der Waals surface area contributed by atoms with E-state index in [0.717, 1.165) is 23.7 Å². The van der Waals surface area contributed by atoms with Crippen molar-refractivity contribution in [2.24, 2.45) is 0 Å². The number of nitrogens with one attached hydrogen (secondary N) is 1. The minimum Gasteiger partial charge on any atom is -0.483 e. The molecule has 0 unspecified atom stereocenters. The highest BCUT2D eigenvalue weighted by molar-refractivity contribution is 7.11. The molecular formula is C14H17FN2OS. The van der Waals surface area contributed by atoms with Crippen LogP contribution in [-0.2, 0) is 19.6 Å². The number of aryl methyl sites for hydroxylation is 1. The molecule has 0 aliphatic carbocycles. The highest BCUT2D eigenvalue weighted by Crippen LogP contribution is 2.22. The van der Waals surface area contributed by atoms with Crippen LogP contribution in [0.25, 0.3) is 0 Å². The number of rotatable bonds is 6. The molecule has 0 aliphatic rings. The molecule has 2 rings (SSSR count). The normalized spacial score (nSPS) is 10.7. The van der Waals surface area contributed by atoms with Crippen LogP contribution in [0.2, 0.25) is 0 Å². The number of benzene rings is 1. The predicted octanol–water partition coefficient (Wildman–Crippen LogP) is 3.14. The second kappa shape index (κ2) is 6.63. The number of ether oxygens (including phenoxy) is 1. The van der Waals surface area contributed by atoms with E-state index in [4.69, 9.17) is 4.74 Å². The van der Waals surface area contributed by atoms with Crippen LogP contribution in [0.5, 0.6) is 5.75 Å². The van der Waals surface area contributed by atoms with E-state index < -0.39 is 0 Å². The molecule has 0 atom stereocenters. The van der Waals surface area contributed by atoms with E-state index >= 15 is 0 Å². The number of thiazole rings is 1. The maximum Gasteiger partial charge on any atom is 0.165 e. The summed E-state index contributed by atoms with van der Waals surface area (Å²) in [5, 5.41) is 4.00. The van der Waals surface area contributed by atoms with Crippen molar-refractivity contribution in [2.75, 3.05) is 7.05 Å². The monoisotopic (exact) mass is 280 g/mol. The zero-order chi connectivity index (χ0) is 13.7. The molecule has 1 aromatic carbocycles. The van der Waals surface area contributed by atoms with E-state index in [-0.39, 0.29) is 11.6 Å². The van der Waals surface area contributed by atoms with Gasteiger partial charge in [-0.2, -0.15) is 0 Å². The van der Waals surface area contributed by atoms with E-state index in [1.165, 1.54) is 10.9 Å². The largest absolute Gasteiger partial charge is 0.483 e. The summed E-state index contributed by atoms with van der Waals surface area (Å²) in [5.41, 5.74) is 1.09. The molecule has 0 fully saturated rings. The molecular weight excluding hydrogens is 263 g/mol. The van der Waals surface area contributed by atoms with Gasteiger partial charge in [-0.15, -0.1) is 11.3 Å². The topological polar surface area (TPSA) is 34.1 Å². The first kappa shape index (κ1) is 14.0. The lowest BCUT2D eigenvalue weighted by molar-refractivity contribution is 0.289. The maximum absolute atomic E-state index is 13.4. The molecule has 0 bridgehead atoms. The van der Waals surface area contributed by atoms with Gasteiger partial charge in [0, 0.05) is 11.4 Å². The average molecular weight is 280 g/mol. The lowest BCUT2D eigenvalue weighted by atomic mass is 10.3. The van der Waals surface area contributed by atoms with Gasteiger partial charge in [-0.1, -0.05) is 19.1 Å². The third-order valence-corrected chi connectivity index (χ3v) is 3.75. The highest BCUT2D eigenvalue weighted by Gasteiger charge is 2.10. The van der Waals surface area contributed by atoms with Crippen LogP contribution < -0.4 is 10.1 Å². The molecule has 0 radical (unpaired) electrons. The van der Waals surface area contributed by atoms with Crippen molar-refractivity contribution in [3.8, 4) is 5.75 Å². The minimum atomic E-state index is -0.342. The first-order valence-electron chi connectivity index (χ1n) is 6.24. The van der Waals surface area contributed by atoms with Gasteiger partial charge in [-0.25, -0.2) is 9.37 Å². The lowest BCUT2D eigenvalue weighted by Crippen LogP contribution is -2.05. The Morgan fingerprint density at radius 2 is 2.16 bits per heavy atom. The molecule has 0 saturated carbocycles. The molecule has 102 valence electrons. The van der Waals surface area contributed by atoms with Crippen molar-refractivity contribution in [1.82, 2.24) is 10.3 Å². The van der Waals surface area contributed by atoms with Gasteiger partial charge in [0.1, 0.15) is 11.6 Å². The van der Waals surface area contributed by atoms with Crippen molar-refractivity contribution >= 4 is 11.3 Å². The third-order valence-electron chi connectivity index (χ3n) is 2.68. The average Bonchev–Trinajstić information content (AvgIpc) is 2.81. The Kier molecular flexibility index (Phi) is 4.87. The smallest absolute Gasteiger partial charge is 0.165 e. The number of aromatic nitrogens is 1. The predicted molar refractivity (Wildman–Crippen MR) is 75.0 cm³/mol. The summed E-state index contributed by atoms with van der Waals surface area (Å²) < 4.78 is 18.9. The van der Waals surface area contributed by atoms with Crippen molar-refractivity contribution < 1.29 is 9.13 Å². The van der Waals surface area contributed by atoms with Crippen LogP contribution in [0.3, 0.4) is 0 Å². The van der Waals surface area contributed by atoms with Crippen molar-refractivity contribution in [2.45, 2.75) is 26.5 Å². The van der Waals surface area contributed by atoms with Crippen LogP contribution in [0, 0.1) is 5.82 Å². The minimum absolute atomic E-state index is 0.269. The molecule has 19 heavy (non-hydrogen) atoms. The van der Waals surface area contributed by atoms with Crippen molar-refractivity contribution in [3.05, 3.63) is 45.7 Å². The summed E-state index contributed by atoms with van der Waals surface area (Å²) in [6.07, 6.45) is 0.896. The van der Waals surface area contributed by atoms with Gasteiger partial charge in [-0.05, 0) is 25.6 Å². The fourth-order valence-electron chi connectivity index (χ4n) is 1.77. The molecule has 0 aliphatic heterocycles. The second-order valence-corrected chi connectivity index (χ2v) is 5.25. The number of para-hydroxylation sites is 1. The summed E-state index contributed by atoms with van der Waals surface area (Å²) in [5.74, 6) is -0.0730. The number of halogens is 1. The van der Waals surface area contributed by atoms with Gasteiger partial charge in [0.05, 0.1) is 5.69 Å². The summed E-state index contributed by atoms with van der Waals surface area (Å²) in [7, 11) is 1.91. The van der Waals surface area contributed by atoms with Crippen LogP contribution in [0.15, 0.2) is 24.3 Å². The number of hydrogen-bond acceptors (Lipinski definition) is 4. The summed E-state index contributed by atoms with van der Waals surface area (Å²) in [6, 6.07) is 6.41. The van der Waals surface area contributed by atoms with Gasteiger partial charge in [0.15, 0.2) is 11.6 Å². The van der Waals surface area contributed by atoms with E-state index in [9.17, 15) is 4.39 Å². The van der Waals surface area contributed by atoms with Crippen LogP contribution in [0.4, 0.5) is 4.39 Å². The molecule has 3 nitrogen and oxygen atoms in total. The molecule has 1 aromatic heterocycles. The summed E-state index contributed by atoms with van der Waals surface area (Å²) in [6.45, 7) is 3.19. The Morgan fingerprint density at radius 1 is 1.37 bits per heavy atom. The van der Waals surface area contributed by atoms with Crippen LogP contribution >= 0.6 is 11.3 Å². The van der Waals surface area contributed by atoms with Crippen LogP contribution in [0.1, 0.15) is 22.5 Å². The van der Waals surface area contributed by atoms with Gasteiger partial charge in [0.25, 0.3) is 0 Å². The fourth-order valence-corrected chi connectivity index (χ4v) is 2.86. The molecule has 2 aromatic rings. The van der Waals surface area contributed by atoms with Gasteiger partial charge >= 0.3 is 0 Å². The van der Waals surface area contributed by atoms with Gasteiger partial charge in [0.2, 0.25) is 0 Å². The third kappa shape index (κ3) is 3.52. The molecule has 0 spiro atoms. The molecule has 1 N–H and O–H groups in total. The first-order chi connectivity index (χ1) is 9.24. The first-order valence-corrected chi connectivity index (χ1v) is 7.05. The van der Waals surface area contributed by atoms with Gasteiger partial charge < -0.3 is 10.1 Å². The zero-order valence-electron chi connectivity index (χ0n) is 11.1. The Bertz CT molecular complexity index is 542. The quantitative estimate of drug-likeness (QED) is 0.882. The standard InChI is InChI=1S/C14H17FN2OS/c1-3-11-13(8-16-2)19-14(17-11)9-18-12-7-5-4-6-10(12)15/h4-7,16H,3,8-9H2,1-2H3. The second-order valence-electron chi connectivity index (χ2n) is 4.08. The zero-order valence-corrected chi connectivity index (χ0v) is 11.9. The van der Waals surface area contributed by atoms with E-state index in [0.29, 0.717) is 6.61 Å². The van der Waals surface area contributed by atoms with Crippen molar-refractivity contribution in [1.29, 1.82) is 0 Å². The Labute approximate surface area is 116 Å². The van der Waals surface area contributed by atoms with Crippen molar-refractivity contribution in [3.63, 3.8) is 0 Å². The van der Waals surface area contributed by atoms with E-state index in [1.54, 1.807) is 29.5 Å². The Balaban J connectivity index is 2.05. The number of hydrogen-bond donors (Lipinski definition) is 1. The van der Waals surface area contributed by atoms with Crippen LogP contribution in [-0.4, -0.2) is 12.0 Å². The fraction of sp³-hybridized carbons (Fsp3) is 0.357. The number of nitrogens with zero attached hydrogens (tertiary/aromatic N) is 1. The maximum atomic E-state index is 13.4. The van der Waals surface area contributed by atoms with E-state index in [1.807, 2.05) is 7.05 Å². The molecule has 0 saturated heterocycles. The highest BCUT2D eigenvalue weighted by atomic mass is 32.1. The summed E-state index contributed by atoms with van der Waals surface area (Å²) in [4.78, 5) is 5.74. The van der Waals surface area contributed by atoms with E-state index in [2.05, 4.69) is 17.2 Å². The summed E-state index contributed by atoms with van der Waals surface area (Å²) >= 11 is 1.61. The Hall–Kier alpha value is -1.46. The molecule has 0 amide bonds. The lowest BCUT2D eigenvalue weighted by Gasteiger charge is -2.04.